The fraction of sp³-hybridized carbons (Fsp3) is 0.533. The molecular weight excluding hydrogens is 274 g/mol. The molecule has 1 fully saturated rings. The average Bonchev–Trinajstić information content (AvgIpc) is 2.41. The summed E-state index contributed by atoms with van der Waals surface area (Å²) in [6.07, 6.45) is 1.25. The number of carbonyl (C=O) groups excluding carboxylic acids is 1. The number of nitrogens with zero attached hydrogens (tertiary/aromatic N) is 1. The van der Waals surface area contributed by atoms with Gasteiger partial charge >= 0.3 is 0 Å². The summed E-state index contributed by atoms with van der Waals surface area (Å²) < 4.78 is 26.9. The van der Waals surface area contributed by atoms with Crippen LogP contribution in [0.3, 0.4) is 0 Å². The Morgan fingerprint density at radius 1 is 1.20 bits per heavy atom. The van der Waals surface area contributed by atoms with Gasteiger partial charge in [-0.25, -0.2) is 8.42 Å². The van der Waals surface area contributed by atoms with Crippen molar-refractivity contribution in [2.45, 2.75) is 38.5 Å². The van der Waals surface area contributed by atoms with Crippen LogP contribution in [0.15, 0.2) is 23.1 Å². The van der Waals surface area contributed by atoms with Gasteiger partial charge in [0, 0.05) is 19.0 Å². The molecule has 110 valence electrons. The third-order valence-corrected chi connectivity index (χ3v) is 6.03. The maximum Gasteiger partial charge on any atom is 0.243 e. The Balaban J connectivity index is 2.24. The highest BCUT2D eigenvalue weighted by atomic mass is 32.2. The highest BCUT2D eigenvalue weighted by molar-refractivity contribution is 7.89. The summed E-state index contributed by atoms with van der Waals surface area (Å²) in [5.74, 6) is 0.175. The second kappa shape index (κ2) is 5.66. The first-order valence-corrected chi connectivity index (χ1v) is 8.34. The van der Waals surface area contributed by atoms with Gasteiger partial charge in [0.25, 0.3) is 0 Å². The zero-order valence-electron chi connectivity index (χ0n) is 12.2. The van der Waals surface area contributed by atoms with Gasteiger partial charge in [-0.2, -0.15) is 4.31 Å². The van der Waals surface area contributed by atoms with E-state index in [2.05, 4.69) is 0 Å². The van der Waals surface area contributed by atoms with E-state index in [1.54, 1.807) is 13.0 Å². The topological polar surface area (TPSA) is 54.5 Å². The Labute approximate surface area is 120 Å². The molecule has 5 heteroatoms. The lowest BCUT2D eigenvalue weighted by atomic mass is 9.95. The van der Waals surface area contributed by atoms with Crippen LogP contribution in [-0.2, 0) is 14.8 Å². The molecule has 1 saturated heterocycles. The number of benzene rings is 1. The molecule has 0 aliphatic carbocycles. The number of hydrogen-bond acceptors (Lipinski definition) is 3. The van der Waals surface area contributed by atoms with Crippen molar-refractivity contribution in [1.29, 1.82) is 0 Å². The molecule has 2 rings (SSSR count). The Bertz CT molecular complexity index is 614. The fourth-order valence-electron chi connectivity index (χ4n) is 2.63. The van der Waals surface area contributed by atoms with E-state index in [0.717, 1.165) is 11.1 Å². The Kier molecular flexibility index (Phi) is 4.30. The van der Waals surface area contributed by atoms with Crippen LogP contribution in [-0.4, -0.2) is 31.6 Å². The van der Waals surface area contributed by atoms with Crippen LogP contribution >= 0.6 is 0 Å². The van der Waals surface area contributed by atoms with Gasteiger partial charge in [-0.05, 0) is 50.8 Å². The molecular formula is C15H21NO3S. The fourth-order valence-corrected chi connectivity index (χ4v) is 4.41. The molecule has 0 unspecified atom stereocenters. The monoisotopic (exact) mass is 295 g/mol. The SMILES string of the molecule is CC(=O)C1CCN(S(=O)(=O)c2cc(C)ccc2C)CC1. The van der Waals surface area contributed by atoms with Crippen molar-refractivity contribution in [3.05, 3.63) is 29.3 Å². The summed E-state index contributed by atoms with van der Waals surface area (Å²) in [7, 11) is -3.44. The number of ketones is 1. The van der Waals surface area contributed by atoms with E-state index >= 15 is 0 Å². The summed E-state index contributed by atoms with van der Waals surface area (Å²) in [4.78, 5) is 11.7. The van der Waals surface area contributed by atoms with Crippen LogP contribution in [0.2, 0.25) is 0 Å². The van der Waals surface area contributed by atoms with Crippen LogP contribution < -0.4 is 0 Å². The Hall–Kier alpha value is -1.20. The minimum absolute atomic E-state index is 0.0139. The number of hydrogen-bond donors (Lipinski definition) is 0. The van der Waals surface area contributed by atoms with E-state index in [0.29, 0.717) is 30.8 Å². The van der Waals surface area contributed by atoms with E-state index < -0.39 is 10.0 Å². The molecule has 0 radical (unpaired) electrons. The maximum absolute atomic E-state index is 12.7. The molecule has 1 heterocycles. The molecule has 1 aromatic carbocycles. The van der Waals surface area contributed by atoms with Crippen molar-refractivity contribution >= 4 is 15.8 Å². The highest BCUT2D eigenvalue weighted by Crippen LogP contribution is 2.26. The van der Waals surface area contributed by atoms with Gasteiger partial charge in [-0.15, -0.1) is 0 Å². The number of sulfonamides is 1. The van der Waals surface area contributed by atoms with Crippen molar-refractivity contribution in [1.82, 2.24) is 4.31 Å². The van der Waals surface area contributed by atoms with E-state index in [4.69, 9.17) is 0 Å². The zero-order valence-corrected chi connectivity index (χ0v) is 13.0. The number of aryl methyl sites for hydroxylation is 2. The minimum atomic E-state index is -3.44. The number of rotatable bonds is 3. The Morgan fingerprint density at radius 3 is 2.35 bits per heavy atom. The minimum Gasteiger partial charge on any atom is -0.300 e. The summed E-state index contributed by atoms with van der Waals surface area (Å²) in [5.41, 5.74) is 1.71. The quantitative estimate of drug-likeness (QED) is 0.859. The summed E-state index contributed by atoms with van der Waals surface area (Å²) in [6.45, 7) is 6.15. The molecule has 1 aromatic rings. The largest absolute Gasteiger partial charge is 0.300 e. The van der Waals surface area contributed by atoms with Crippen LogP contribution in [0.1, 0.15) is 30.9 Å². The van der Waals surface area contributed by atoms with Gasteiger partial charge in [-0.3, -0.25) is 4.79 Å². The van der Waals surface area contributed by atoms with Gasteiger partial charge in [0.1, 0.15) is 5.78 Å². The third-order valence-electron chi connectivity index (χ3n) is 3.99. The standard InChI is InChI=1S/C15H21NO3S/c1-11-4-5-12(2)15(10-11)20(18,19)16-8-6-14(7-9-16)13(3)17/h4-5,10,14H,6-9H2,1-3H3. The van der Waals surface area contributed by atoms with Crippen molar-refractivity contribution in [2.24, 2.45) is 5.92 Å². The van der Waals surface area contributed by atoms with Gasteiger partial charge in [0.05, 0.1) is 4.90 Å². The summed E-state index contributed by atoms with van der Waals surface area (Å²) in [5, 5.41) is 0. The lowest BCUT2D eigenvalue weighted by Crippen LogP contribution is -2.40. The first-order valence-electron chi connectivity index (χ1n) is 6.90. The highest BCUT2D eigenvalue weighted by Gasteiger charge is 2.31. The molecule has 1 aliphatic heterocycles. The van der Waals surface area contributed by atoms with Crippen molar-refractivity contribution in [3.63, 3.8) is 0 Å². The molecule has 0 aromatic heterocycles. The predicted molar refractivity (Wildman–Crippen MR) is 78.1 cm³/mol. The van der Waals surface area contributed by atoms with E-state index in [9.17, 15) is 13.2 Å². The molecule has 0 spiro atoms. The Morgan fingerprint density at radius 2 is 1.80 bits per heavy atom. The van der Waals surface area contributed by atoms with E-state index in [1.807, 2.05) is 26.0 Å². The zero-order chi connectivity index (χ0) is 14.9. The second-order valence-corrected chi connectivity index (χ2v) is 7.46. The molecule has 0 amide bonds. The third kappa shape index (κ3) is 2.94. The maximum atomic E-state index is 12.7. The second-order valence-electron chi connectivity index (χ2n) is 5.56. The first kappa shape index (κ1) is 15.2. The summed E-state index contributed by atoms with van der Waals surface area (Å²) >= 11 is 0. The lowest BCUT2D eigenvalue weighted by molar-refractivity contribution is -0.121. The molecule has 4 nitrogen and oxygen atoms in total. The lowest BCUT2D eigenvalue weighted by Gasteiger charge is -2.30. The first-order chi connectivity index (χ1) is 9.32. The predicted octanol–water partition coefficient (Wildman–Crippen LogP) is 2.29. The average molecular weight is 295 g/mol. The number of piperidine rings is 1. The van der Waals surface area contributed by atoms with Crippen LogP contribution in [0.25, 0.3) is 0 Å². The van der Waals surface area contributed by atoms with Crippen molar-refractivity contribution in [3.8, 4) is 0 Å². The van der Waals surface area contributed by atoms with Crippen molar-refractivity contribution in [2.75, 3.05) is 13.1 Å². The van der Waals surface area contributed by atoms with Crippen LogP contribution in [0.4, 0.5) is 0 Å². The molecule has 20 heavy (non-hydrogen) atoms. The smallest absolute Gasteiger partial charge is 0.243 e. The molecule has 0 saturated carbocycles. The summed E-state index contributed by atoms with van der Waals surface area (Å²) in [6, 6.07) is 5.47. The van der Waals surface area contributed by atoms with Crippen LogP contribution in [0.5, 0.6) is 0 Å². The number of carbonyl (C=O) groups is 1. The molecule has 0 N–H and O–H groups in total. The van der Waals surface area contributed by atoms with E-state index in [1.165, 1.54) is 4.31 Å². The van der Waals surface area contributed by atoms with Gasteiger partial charge < -0.3 is 0 Å². The van der Waals surface area contributed by atoms with E-state index in [-0.39, 0.29) is 11.7 Å². The molecule has 0 bridgehead atoms. The van der Waals surface area contributed by atoms with Crippen LogP contribution in [0, 0.1) is 19.8 Å². The van der Waals surface area contributed by atoms with Gasteiger partial charge in [0.2, 0.25) is 10.0 Å². The number of Topliss-reactive ketones (excluding diaryl/α,β-unsaturated/α-hetero) is 1. The van der Waals surface area contributed by atoms with Crippen molar-refractivity contribution < 1.29 is 13.2 Å². The molecule has 0 atom stereocenters. The molecule has 1 aliphatic rings. The normalized spacial score (nSPS) is 18.1. The van der Waals surface area contributed by atoms with Gasteiger partial charge in [0.15, 0.2) is 0 Å². The van der Waals surface area contributed by atoms with Gasteiger partial charge in [-0.1, -0.05) is 12.1 Å².